The second-order valence-electron chi connectivity index (χ2n) is 6.22. The Labute approximate surface area is 176 Å². The van der Waals surface area contributed by atoms with Gasteiger partial charge in [-0.2, -0.15) is 0 Å². The maximum atomic E-state index is 12.5. The Morgan fingerprint density at radius 1 is 0.897 bits per heavy atom. The molecule has 0 fully saturated rings. The van der Waals surface area contributed by atoms with Crippen molar-refractivity contribution < 1.29 is 23.8 Å². The number of amides is 1. The molecule has 1 amide bonds. The first-order valence-electron chi connectivity index (χ1n) is 8.89. The third-order valence-corrected chi connectivity index (χ3v) is 4.39. The van der Waals surface area contributed by atoms with Crippen molar-refractivity contribution in [2.24, 2.45) is 5.73 Å². The quantitative estimate of drug-likeness (QED) is 0.602. The van der Waals surface area contributed by atoms with Crippen molar-refractivity contribution in [3.05, 3.63) is 59.7 Å². The van der Waals surface area contributed by atoms with Crippen molar-refractivity contribution >= 4 is 24.3 Å². The maximum absolute atomic E-state index is 12.5. The average molecular weight is 423 g/mol. The first-order chi connectivity index (χ1) is 13.5. The molecule has 8 heteroatoms. The molecule has 7 nitrogen and oxygen atoms in total. The van der Waals surface area contributed by atoms with E-state index in [2.05, 4.69) is 10.1 Å². The Balaban J connectivity index is 0.00000420. The number of hydrogen-bond donors (Lipinski definition) is 2. The predicted molar refractivity (Wildman–Crippen MR) is 112 cm³/mol. The van der Waals surface area contributed by atoms with Crippen molar-refractivity contribution in [2.75, 3.05) is 21.3 Å². The molecule has 3 N–H and O–H groups in total. The predicted octanol–water partition coefficient (Wildman–Crippen LogP) is 2.61. The lowest BCUT2D eigenvalue weighted by Crippen LogP contribution is -2.35. The summed E-state index contributed by atoms with van der Waals surface area (Å²) in [6, 6.07) is 13.8. The molecule has 2 rings (SSSR count). The Morgan fingerprint density at radius 2 is 1.34 bits per heavy atom. The molecule has 0 saturated carbocycles. The molecular weight excluding hydrogens is 396 g/mol. The normalized spacial score (nSPS) is 11.2. The molecule has 0 spiro atoms. The van der Waals surface area contributed by atoms with Crippen LogP contribution in [0.2, 0.25) is 0 Å². The molecule has 0 radical (unpaired) electrons. The van der Waals surface area contributed by atoms with Gasteiger partial charge < -0.3 is 25.3 Å². The van der Waals surface area contributed by atoms with Gasteiger partial charge in [-0.05, 0) is 41.8 Å². The lowest BCUT2D eigenvalue weighted by Gasteiger charge is -2.21. The van der Waals surface area contributed by atoms with Gasteiger partial charge >= 0.3 is 5.97 Å². The van der Waals surface area contributed by atoms with Crippen molar-refractivity contribution in [3.63, 3.8) is 0 Å². The second kappa shape index (κ2) is 11.9. The molecule has 29 heavy (non-hydrogen) atoms. The van der Waals surface area contributed by atoms with Crippen LogP contribution in [-0.2, 0) is 14.3 Å². The van der Waals surface area contributed by atoms with Crippen LogP contribution in [0.5, 0.6) is 11.5 Å². The van der Waals surface area contributed by atoms with Gasteiger partial charge in [-0.15, -0.1) is 12.4 Å². The van der Waals surface area contributed by atoms with Gasteiger partial charge in [0.15, 0.2) is 0 Å². The molecule has 1 atom stereocenters. The van der Waals surface area contributed by atoms with E-state index in [4.69, 9.17) is 15.2 Å². The van der Waals surface area contributed by atoms with Crippen LogP contribution in [0, 0.1) is 0 Å². The Hall–Kier alpha value is -2.77. The highest BCUT2D eigenvalue weighted by Crippen LogP contribution is 2.26. The van der Waals surface area contributed by atoms with E-state index < -0.39 is 12.0 Å². The number of ether oxygens (including phenoxy) is 3. The number of nitrogens with two attached hydrogens (primary N) is 1. The van der Waals surface area contributed by atoms with E-state index in [9.17, 15) is 9.59 Å². The lowest BCUT2D eigenvalue weighted by molar-refractivity contribution is -0.142. The summed E-state index contributed by atoms with van der Waals surface area (Å²) < 4.78 is 15.0. The molecule has 0 aliphatic heterocycles. The molecule has 0 aliphatic carbocycles. The van der Waals surface area contributed by atoms with Crippen LogP contribution in [0.25, 0.3) is 0 Å². The fraction of sp³-hybridized carbons (Fsp3) is 0.333. The van der Waals surface area contributed by atoms with Crippen molar-refractivity contribution in [1.29, 1.82) is 0 Å². The van der Waals surface area contributed by atoms with E-state index in [0.717, 1.165) is 22.6 Å². The highest BCUT2D eigenvalue weighted by Gasteiger charge is 2.20. The minimum atomic E-state index is -0.823. The molecule has 2 aromatic carbocycles. The van der Waals surface area contributed by atoms with Crippen LogP contribution in [0.3, 0.4) is 0 Å². The zero-order chi connectivity index (χ0) is 20.5. The first-order valence-corrected chi connectivity index (χ1v) is 8.89. The lowest BCUT2D eigenvalue weighted by atomic mass is 9.98. The maximum Gasteiger partial charge on any atom is 0.322 e. The van der Waals surface area contributed by atoms with E-state index in [1.807, 2.05) is 48.5 Å². The van der Waals surface area contributed by atoms with Crippen molar-refractivity contribution in [1.82, 2.24) is 5.32 Å². The molecule has 1 unspecified atom stereocenters. The molecule has 0 saturated heterocycles. The summed E-state index contributed by atoms with van der Waals surface area (Å²) in [6.45, 7) is 0. The number of benzene rings is 2. The Bertz CT molecular complexity index is 733. The summed E-state index contributed by atoms with van der Waals surface area (Å²) in [4.78, 5) is 23.9. The van der Waals surface area contributed by atoms with Gasteiger partial charge in [0.2, 0.25) is 5.91 Å². The summed E-state index contributed by atoms with van der Waals surface area (Å²) in [5.41, 5.74) is 7.51. The van der Waals surface area contributed by atoms with Crippen molar-refractivity contribution in [3.8, 4) is 11.5 Å². The number of esters is 1. The molecule has 0 bridgehead atoms. The summed E-state index contributed by atoms with van der Waals surface area (Å²) in [5, 5.41) is 3.01. The smallest absolute Gasteiger partial charge is 0.322 e. The fourth-order valence-electron chi connectivity index (χ4n) is 2.74. The molecule has 0 aromatic heterocycles. The van der Waals surface area contributed by atoms with Crippen LogP contribution >= 0.6 is 12.4 Å². The van der Waals surface area contributed by atoms with E-state index in [-0.39, 0.29) is 37.2 Å². The third kappa shape index (κ3) is 6.96. The van der Waals surface area contributed by atoms with E-state index >= 15 is 0 Å². The number of methoxy groups -OCH3 is 3. The van der Waals surface area contributed by atoms with Crippen LogP contribution < -0.4 is 20.5 Å². The van der Waals surface area contributed by atoms with Crippen LogP contribution in [0.1, 0.15) is 30.0 Å². The standard InChI is InChI=1S/C21H26N2O5.ClH/c1-26-16-8-4-14(5-9-16)20(15-6-10-17(27-2)11-7-15)23-19(24)13-12-18(22)21(25)28-3;/h4-11,18,20H,12-13,22H2,1-3H3,(H,23,24);1H. The molecule has 0 aliphatic rings. The zero-order valence-corrected chi connectivity index (χ0v) is 17.5. The molecule has 2 aromatic rings. The third-order valence-electron chi connectivity index (χ3n) is 4.39. The topological polar surface area (TPSA) is 99.9 Å². The SMILES string of the molecule is COC(=O)C(N)CCC(=O)NC(c1ccc(OC)cc1)c1ccc(OC)cc1.Cl. The first kappa shape index (κ1) is 24.3. The van der Waals surface area contributed by atoms with E-state index in [1.54, 1.807) is 14.2 Å². The average Bonchev–Trinajstić information content (AvgIpc) is 2.75. The fourth-order valence-corrected chi connectivity index (χ4v) is 2.74. The highest BCUT2D eigenvalue weighted by molar-refractivity contribution is 5.85. The summed E-state index contributed by atoms with van der Waals surface area (Å²) in [7, 11) is 4.47. The van der Waals surface area contributed by atoms with E-state index in [0.29, 0.717) is 0 Å². The van der Waals surface area contributed by atoms with Crippen molar-refractivity contribution in [2.45, 2.75) is 24.9 Å². The number of halogens is 1. The molecule has 0 heterocycles. The summed E-state index contributed by atoms with van der Waals surface area (Å²) >= 11 is 0. The van der Waals surface area contributed by atoms with Crippen LogP contribution in [0.4, 0.5) is 0 Å². The second-order valence-corrected chi connectivity index (χ2v) is 6.22. The number of carbonyl (C=O) groups excluding carboxylic acids is 2. The number of rotatable bonds is 9. The van der Waals surface area contributed by atoms with Gasteiger partial charge in [0, 0.05) is 6.42 Å². The molecular formula is C21H27ClN2O5. The van der Waals surface area contributed by atoms with Gasteiger partial charge in [0.05, 0.1) is 27.4 Å². The minimum absolute atomic E-state index is 0. The zero-order valence-electron chi connectivity index (χ0n) is 16.7. The van der Waals surface area contributed by atoms with Gasteiger partial charge in [0.25, 0.3) is 0 Å². The Morgan fingerprint density at radius 3 is 1.72 bits per heavy atom. The van der Waals surface area contributed by atoms with Gasteiger partial charge in [0.1, 0.15) is 17.5 Å². The number of nitrogens with one attached hydrogen (secondary N) is 1. The van der Waals surface area contributed by atoms with Gasteiger partial charge in [-0.1, -0.05) is 24.3 Å². The van der Waals surface area contributed by atoms with E-state index in [1.165, 1.54) is 7.11 Å². The number of carbonyl (C=O) groups is 2. The minimum Gasteiger partial charge on any atom is -0.497 e. The number of hydrogen-bond acceptors (Lipinski definition) is 6. The van der Waals surface area contributed by atoms with Crippen LogP contribution in [-0.4, -0.2) is 39.2 Å². The van der Waals surface area contributed by atoms with Crippen LogP contribution in [0.15, 0.2) is 48.5 Å². The Kier molecular flexibility index (Phi) is 9.99. The summed E-state index contributed by atoms with van der Waals surface area (Å²) in [6.07, 6.45) is 0.315. The van der Waals surface area contributed by atoms with Gasteiger partial charge in [-0.25, -0.2) is 0 Å². The summed E-state index contributed by atoms with van der Waals surface area (Å²) in [5.74, 6) is 0.714. The monoisotopic (exact) mass is 422 g/mol. The van der Waals surface area contributed by atoms with Gasteiger partial charge in [-0.3, -0.25) is 9.59 Å². The molecule has 158 valence electrons. The highest BCUT2D eigenvalue weighted by atomic mass is 35.5. The largest absolute Gasteiger partial charge is 0.497 e.